The van der Waals surface area contributed by atoms with E-state index in [1.807, 2.05) is 87.5 Å². The largest absolute Gasteiger partial charge is 0.478 e. The molecule has 222 valence electrons. The fourth-order valence-corrected chi connectivity index (χ4v) is 6.53. The smallest absolute Gasteiger partial charge is 0.335 e. The molecular formula is C35H33N5O3S. The van der Waals surface area contributed by atoms with Crippen molar-refractivity contribution in [1.29, 1.82) is 0 Å². The Morgan fingerprint density at radius 1 is 0.977 bits per heavy atom. The summed E-state index contributed by atoms with van der Waals surface area (Å²) >= 11 is 5.87. The quantitative estimate of drug-likeness (QED) is 0.171. The van der Waals surface area contributed by atoms with Crippen molar-refractivity contribution in [1.82, 2.24) is 19.8 Å². The summed E-state index contributed by atoms with van der Waals surface area (Å²) in [6.07, 6.45) is 2.00. The second kappa shape index (κ2) is 11.9. The zero-order valence-electron chi connectivity index (χ0n) is 24.7. The maximum absolute atomic E-state index is 13.3. The number of aromatic nitrogens is 2. The van der Waals surface area contributed by atoms with Crippen LogP contribution in [0.2, 0.25) is 0 Å². The molecule has 0 saturated carbocycles. The Bertz CT molecular complexity index is 1900. The number of hydrogen-bond donors (Lipinski definition) is 3. The Balaban J connectivity index is 1.34. The molecule has 44 heavy (non-hydrogen) atoms. The summed E-state index contributed by atoms with van der Waals surface area (Å²) in [6.45, 7) is 6.43. The second-order valence-electron chi connectivity index (χ2n) is 11.1. The summed E-state index contributed by atoms with van der Waals surface area (Å²) in [5, 5.41) is 18.8. The molecule has 0 radical (unpaired) electrons. The van der Waals surface area contributed by atoms with Gasteiger partial charge in [-0.05, 0) is 85.9 Å². The second-order valence-corrected chi connectivity index (χ2v) is 11.5. The van der Waals surface area contributed by atoms with Gasteiger partial charge in [0.05, 0.1) is 23.3 Å². The number of fused-ring (bicyclic) bond motifs is 1. The molecule has 1 saturated heterocycles. The Kier molecular flexibility index (Phi) is 7.88. The minimum atomic E-state index is -0.970. The van der Waals surface area contributed by atoms with Crippen LogP contribution in [0.4, 0.5) is 5.69 Å². The van der Waals surface area contributed by atoms with Gasteiger partial charge in [-0.3, -0.25) is 9.78 Å². The van der Waals surface area contributed by atoms with Gasteiger partial charge in [-0.1, -0.05) is 48.5 Å². The highest BCUT2D eigenvalue weighted by atomic mass is 32.1. The van der Waals surface area contributed by atoms with E-state index in [4.69, 9.17) is 12.2 Å². The number of pyridine rings is 1. The predicted molar refractivity (Wildman–Crippen MR) is 176 cm³/mol. The third kappa shape index (κ3) is 5.42. The minimum absolute atomic E-state index is 0.101. The van der Waals surface area contributed by atoms with Crippen molar-refractivity contribution in [2.24, 2.45) is 0 Å². The molecule has 1 aliphatic rings. The first kappa shape index (κ1) is 29.1. The van der Waals surface area contributed by atoms with E-state index in [1.165, 1.54) is 0 Å². The first-order chi connectivity index (χ1) is 21.2. The monoisotopic (exact) mass is 603 g/mol. The van der Waals surface area contributed by atoms with Crippen LogP contribution >= 0.6 is 12.2 Å². The number of carboxylic acids is 1. The topological polar surface area (TPSA) is 99.5 Å². The first-order valence-electron chi connectivity index (χ1n) is 14.5. The maximum atomic E-state index is 13.3. The van der Waals surface area contributed by atoms with Crippen LogP contribution in [0, 0.1) is 20.8 Å². The Hall–Kier alpha value is -5.02. The molecular weight excluding hydrogens is 570 g/mol. The van der Waals surface area contributed by atoms with Gasteiger partial charge in [0, 0.05) is 47.3 Å². The molecule has 5 aromatic rings. The van der Waals surface area contributed by atoms with Gasteiger partial charge in [0.15, 0.2) is 5.11 Å². The maximum Gasteiger partial charge on any atom is 0.335 e. The molecule has 8 nitrogen and oxygen atoms in total. The Morgan fingerprint density at radius 3 is 2.52 bits per heavy atom. The van der Waals surface area contributed by atoms with E-state index < -0.39 is 5.97 Å². The molecule has 2 aromatic heterocycles. The highest BCUT2D eigenvalue weighted by molar-refractivity contribution is 7.80. The molecule has 3 heterocycles. The van der Waals surface area contributed by atoms with E-state index in [2.05, 4.69) is 31.2 Å². The Morgan fingerprint density at radius 2 is 1.75 bits per heavy atom. The highest BCUT2D eigenvalue weighted by Gasteiger charge is 2.41. The van der Waals surface area contributed by atoms with Crippen LogP contribution in [0.3, 0.4) is 0 Å². The molecule has 1 amide bonds. The number of rotatable bonds is 8. The number of benzene rings is 3. The molecule has 3 N–H and O–H groups in total. The number of anilines is 1. The first-order valence-corrected chi connectivity index (χ1v) is 14.9. The van der Waals surface area contributed by atoms with Crippen LogP contribution < -0.4 is 10.6 Å². The number of hydrogen-bond acceptors (Lipinski definition) is 4. The van der Waals surface area contributed by atoms with Crippen LogP contribution in [-0.4, -0.2) is 43.1 Å². The fourth-order valence-electron chi connectivity index (χ4n) is 6.20. The van der Waals surface area contributed by atoms with Crippen molar-refractivity contribution in [3.8, 4) is 5.69 Å². The number of amides is 1. The van der Waals surface area contributed by atoms with Crippen molar-refractivity contribution in [3.05, 3.63) is 125 Å². The number of thiocarbonyl (C=S) groups is 1. The molecule has 1 fully saturated rings. The normalized spacial score (nSPS) is 16.2. The molecule has 3 aromatic carbocycles. The summed E-state index contributed by atoms with van der Waals surface area (Å²) in [7, 11) is 0. The fraction of sp³-hybridized carbons (Fsp3) is 0.200. The SMILES string of the molecule is Cc1ccc(C(=O)O)cc1-n1c(C)cc(C2C(c3ccccn3)NC(=S)N2CCC(=O)Nc2cccc3ccccc23)c1C. The third-order valence-corrected chi connectivity index (χ3v) is 8.68. The van der Waals surface area contributed by atoms with Crippen molar-refractivity contribution >= 4 is 45.7 Å². The molecule has 0 aliphatic carbocycles. The zero-order chi connectivity index (χ0) is 31.0. The summed E-state index contributed by atoms with van der Waals surface area (Å²) in [5.74, 6) is -1.07. The summed E-state index contributed by atoms with van der Waals surface area (Å²) in [6, 6.07) is 26.5. The molecule has 9 heteroatoms. The van der Waals surface area contributed by atoms with E-state index >= 15 is 0 Å². The van der Waals surface area contributed by atoms with Crippen LogP contribution in [0.15, 0.2) is 91.1 Å². The molecule has 1 aliphatic heterocycles. The zero-order valence-corrected chi connectivity index (χ0v) is 25.6. The average Bonchev–Trinajstić information content (AvgIpc) is 3.50. The van der Waals surface area contributed by atoms with Gasteiger partial charge in [-0.15, -0.1) is 0 Å². The van der Waals surface area contributed by atoms with E-state index in [0.29, 0.717) is 11.7 Å². The van der Waals surface area contributed by atoms with Gasteiger partial charge in [0.2, 0.25) is 5.91 Å². The number of nitrogens with one attached hydrogen (secondary N) is 2. The van der Waals surface area contributed by atoms with E-state index in [1.54, 1.807) is 18.3 Å². The molecule has 0 bridgehead atoms. The lowest BCUT2D eigenvalue weighted by molar-refractivity contribution is -0.116. The number of carboxylic acid groups (broad SMARTS) is 1. The summed E-state index contributed by atoms with van der Waals surface area (Å²) in [4.78, 5) is 31.8. The van der Waals surface area contributed by atoms with Crippen LogP contribution in [0.5, 0.6) is 0 Å². The average molecular weight is 604 g/mol. The van der Waals surface area contributed by atoms with E-state index in [9.17, 15) is 14.7 Å². The van der Waals surface area contributed by atoms with Gasteiger partial charge in [-0.25, -0.2) is 4.79 Å². The standard InChI is InChI=1S/C35H33N5O3S/c1-21-14-15-25(34(42)43)20-30(21)40-22(2)19-27(23(40)3)33-32(29-12-6-7-17-36-29)38-35(44)39(33)18-16-31(41)37-28-13-8-10-24-9-4-5-11-26(24)28/h4-15,17,19-20,32-33H,16,18H2,1-3H3,(H,37,41)(H,38,44)(H,42,43). The van der Waals surface area contributed by atoms with Crippen molar-refractivity contribution in [3.63, 3.8) is 0 Å². The lowest BCUT2D eigenvalue weighted by atomic mass is 9.96. The predicted octanol–water partition coefficient (Wildman–Crippen LogP) is 6.65. The Labute approximate surface area is 261 Å². The van der Waals surface area contributed by atoms with Crippen molar-refractivity contribution < 1.29 is 14.7 Å². The molecule has 0 spiro atoms. The molecule has 2 unspecified atom stereocenters. The number of aryl methyl sites for hydroxylation is 2. The molecule has 6 rings (SSSR count). The lowest BCUT2D eigenvalue weighted by Gasteiger charge is -2.28. The van der Waals surface area contributed by atoms with Gasteiger partial charge in [-0.2, -0.15) is 0 Å². The minimum Gasteiger partial charge on any atom is -0.478 e. The van der Waals surface area contributed by atoms with Crippen LogP contribution in [-0.2, 0) is 4.79 Å². The number of carbonyl (C=O) groups excluding carboxylic acids is 1. The number of nitrogens with zero attached hydrogens (tertiary/aromatic N) is 3. The van der Waals surface area contributed by atoms with Gasteiger partial charge in [0.25, 0.3) is 0 Å². The van der Waals surface area contributed by atoms with Crippen molar-refractivity contribution in [2.75, 3.05) is 11.9 Å². The number of aromatic carboxylic acids is 1. The van der Waals surface area contributed by atoms with Crippen LogP contribution in [0.1, 0.15) is 57.1 Å². The van der Waals surface area contributed by atoms with Crippen molar-refractivity contribution in [2.45, 2.75) is 39.3 Å². The van der Waals surface area contributed by atoms with Gasteiger partial charge < -0.3 is 25.2 Å². The molecule has 2 atom stereocenters. The highest BCUT2D eigenvalue weighted by Crippen LogP contribution is 2.41. The third-order valence-electron chi connectivity index (χ3n) is 8.33. The lowest BCUT2D eigenvalue weighted by Crippen LogP contribution is -2.33. The van der Waals surface area contributed by atoms with E-state index in [-0.39, 0.29) is 30.0 Å². The summed E-state index contributed by atoms with van der Waals surface area (Å²) in [5.41, 5.74) is 6.60. The van der Waals surface area contributed by atoms with Gasteiger partial charge in [0.1, 0.15) is 0 Å². The summed E-state index contributed by atoms with van der Waals surface area (Å²) < 4.78 is 2.10. The van der Waals surface area contributed by atoms with Crippen LogP contribution in [0.25, 0.3) is 16.5 Å². The number of carbonyl (C=O) groups is 2. The van der Waals surface area contributed by atoms with Gasteiger partial charge >= 0.3 is 5.97 Å². The van der Waals surface area contributed by atoms with E-state index in [0.717, 1.165) is 50.4 Å².